The molecular weight excluding hydrogens is 216 g/mol. The Balaban J connectivity index is 2.36. The van der Waals surface area contributed by atoms with Crippen LogP contribution in [0.2, 0.25) is 0 Å². The minimum absolute atomic E-state index is 0.0367. The Morgan fingerprint density at radius 3 is 2.71 bits per heavy atom. The van der Waals surface area contributed by atoms with E-state index in [-0.39, 0.29) is 5.54 Å². The van der Waals surface area contributed by atoms with Crippen molar-refractivity contribution >= 4 is 0 Å². The molecule has 0 spiro atoms. The molecule has 0 saturated carbocycles. The quantitative estimate of drug-likeness (QED) is 0.845. The Hall–Kier alpha value is -0.940. The summed E-state index contributed by atoms with van der Waals surface area (Å²) in [5.41, 5.74) is 5.70. The first-order chi connectivity index (χ1) is 8.04. The average Bonchev–Trinajstić information content (AvgIpc) is 2.73. The largest absolute Gasteiger partial charge is 0.381 e. The van der Waals surface area contributed by atoms with Crippen molar-refractivity contribution in [1.82, 2.24) is 14.8 Å². The van der Waals surface area contributed by atoms with Crippen LogP contribution in [-0.2, 0) is 16.8 Å². The molecule has 1 fully saturated rings. The fraction of sp³-hybridized carbons (Fsp3) is 0.833. The van der Waals surface area contributed by atoms with E-state index in [1.807, 2.05) is 0 Å². The van der Waals surface area contributed by atoms with Crippen LogP contribution in [0.15, 0.2) is 0 Å². The van der Waals surface area contributed by atoms with Crippen molar-refractivity contribution in [3.63, 3.8) is 0 Å². The molecule has 2 rings (SSSR count). The molecule has 0 aliphatic carbocycles. The van der Waals surface area contributed by atoms with E-state index in [0.717, 1.165) is 37.7 Å². The van der Waals surface area contributed by atoms with E-state index in [4.69, 9.17) is 10.5 Å². The number of rotatable bonds is 2. The minimum atomic E-state index is -0.0367. The lowest BCUT2D eigenvalue weighted by Crippen LogP contribution is -2.30. The molecule has 1 aromatic rings. The first-order valence-corrected chi connectivity index (χ1v) is 6.26. The van der Waals surface area contributed by atoms with Crippen molar-refractivity contribution in [3.8, 4) is 0 Å². The lowest BCUT2D eigenvalue weighted by molar-refractivity contribution is 0.0755. The zero-order chi connectivity index (χ0) is 12.5. The Kier molecular flexibility index (Phi) is 3.49. The molecule has 1 saturated heterocycles. The smallest absolute Gasteiger partial charge is 0.147 e. The summed E-state index contributed by atoms with van der Waals surface area (Å²) < 4.78 is 7.71. The molecule has 0 radical (unpaired) electrons. The third-order valence-corrected chi connectivity index (χ3v) is 3.13. The van der Waals surface area contributed by atoms with Gasteiger partial charge in [-0.3, -0.25) is 0 Å². The molecule has 17 heavy (non-hydrogen) atoms. The highest BCUT2D eigenvalue weighted by Gasteiger charge is 2.28. The first-order valence-electron chi connectivity index (χ1n) is 6.26. The van der Waals surface area contributed by atoms with Crippen LogP contribution in [0.3, 0.4) is 0 Å². The zero-order valence-electron chi connectivity index (χ0n) is 10.9. The number of nitrogens with two attached hydrogens (primary N) is 1. The normalized spacial score (nSPS) is 21.8. The molecule has 1 aliphatic heterocycles. The molecule has 96 valence electrons. The van der Waals surface area contributed by atoms with Gasteiger partial charge in [-0.05, 0) is 33.6 Å². The van der Waals surface area contributed by atoms with Gasteiger partial charge in [-0.2, -0.15) is 0 Å². The molecule has 1 atom stereocenters. The van der Waals surface area contributed by atoms with Gasteiger partial charge in [0.2, 0.25) is 0 Å². The predicted molar refractivity (Wildman–Crippen MR) is 65.7 cm³/mol. The van der Waals surface area contributed by atoms with E-state index >= 15 is 0 Å². The molecule has 5 nitrogen and oxygen atoms in total. The summed E-state index contributed by atoms with van der Waals surface area (Å²) in [5.74, 6) is 2.24. The van der Waals surface area contributed by atoms with E-state index < -0.39 is 0 Å². The van der Waals surface area contributed by atoms with Crippen LogP contribution < -0.4 is 5.73 Å². The monoisotopic (exact) mass is 238 g/mol. The van der Waals surface area contributed by atoms with Crippen LogP contribution in [-0.4, -0.2) is 28.0 Å². The molecule has 2 heterocycles. The summed E-state index contributed by atoms with van der Waals surface area (Å²) in [6, 6.07) is 0. The topological polar surface area (TPSA) is 66.0 Å². The molecule has 1 unspecified atom stereocenters. The standard InChI is InChI=1S/C12H22N4O/c1-12(2,3)16-10(7-13)14-15-11(16)9-5-4-6-17-8-9/h9H,4-8,13H2,1-3H3. The fourth-order valence-electron chi connectivity index (χ4n) is 2.40. The molecule has 1 aromatic heterocycles. The second kappa shape index (κ2) is 4.74. The molecule has 0 aromatic carbocycles. The van der Waals surface area contributed by atoms with Gasteiger partial charge in [-0.15, -0.1) is 10.2 Å². The van der Waals surface area contributed by atoms with E-state index in [0.29, 0.717) is 12.5 Å². The van der Waals surface area contributed by atoms with Gasteiger partial charge in [0.15, 0.2) is 0 Å². The van der Waals surface area contributed by atoms with Crippen molar-refractivity contribution in [3.05, 3.63) is 11.6 Å². The van der Waals surface area contributed by atoms with E-state index in [1.54, 1.807) is 0 Å². The maximum atomic E-state index is 5.74. The van der Waals surface area contributed by atoms with E-state index in [1.165, 1.54) is 0 Å². The Bertz CT molecular complexity index is 374. The fourth-order valence-corrected chi connectivity index (χ4v) is 2.40. The first kappa shape index (κ1) is 12.5. The van der Waals surface area contributed by atoms with Gasteiger partial charge in [0.25, 0.3) is 0 Å². The Morgan fingerprint density at radius 2 is 2.18 bits per heavy atom. The Labute approximate surface area is 102 Å². The number of nitrogens with zero attached hydrogens (tertiary/aromatic N) is 3. The van der Waals surface area contributed by atoms with Crippen LogP contribution in [0.5, 0.6) is 0 Å². The molecule has 0 amide bonds. The molecule has 0 bridgehead atoms. The van der Waals surface area contributed by atoms with Gasteiger partial charge in [0, 0.05) is 18.1 Å². The predicted octanol–water partition coefficient (Wildman–Crippen LogP) is 1.39. The third kappa shape index (κ3) is 2.50. The van der Waals surface area contributed by atoms with Crippen LogP contribution in [0.4, 0.5) is 0 Å². The maximum absolute atomic E-state index is 5.74. The van der Waals surface area contributed by atoms with Crippen molar-refractivity contribution in [2.75, 3.05) is 13.2 Å². The molecule has 1 aliphatic rings. The van der Waals surface area contributed by atoms with Crippen molar-refractivity contribution in [2.24, 2.45) is 5.73 Å². The summed E-state index contributed by atoms with van der Waals surface area (Å²) >= 11 is 0. The highest BCUT2D eigenvalue weighted by atomic mass is 16.5. The lowest BCUT2D eigenvalue weighted by Gasteiger charge is -2.29. The second-order valence-corrected chi connectivity index (χ2v) is 5.60. The molecule has 5 heteroatoms. The maximum Gasteiger partial charge on any atom is 0.147 e. The summed E-state index contributed by atoms with van der Waals surface area (Å²) in [6.45, 7) is 8.51. The third-order valence-electron chi connectivity index (χ3n) is 3.13. The second-order valence-electron chi connectivity index (χ2n) is 5.60. The lowest BCUT2D eigenvalue weighted by atomic mass is 9.99. The van der Waals surface area contributed by atoms with Gasteiger partial charge in [0.05, 0.1) is 13.2 Å². The van der Waals surface area contributed by atoms with Crippen LogP contribution in [0.1, 0.15) is 51.2 Å². The van der Waals surface area contributed by atoms with Gasteiger partial charge in [-0.25, -0.2) is 0 Å². The summed E-state index contributed by atoms with van der Waals surface area (Å²) in [7, 11) is 0. The van der Waals surface area contributed by atoms with E-state index in [9.17, 15) is 0 Å². The number of ether oxygens (including phenoxy) is 1. The Morgan fingerprint density at radius 1 is 1.41 bits per heavy atom. The SMILES string of the molecule is CC(C)(C)n1c(CN)nnc1C1CCCOC1. The van der Waals surface area contributed by atoms with Gasteiger partial charge in [0.1, 0.15) is 11.6 Å². The van der Waals surface area contributed by atoms with Crippen molar-refractivity contribution < 1.29 is 4.74 Å². The average molecular weight is 238 g/mol. The molecular formula is C12H22N4O. The number of hydrogen-bond acceptors (Lipinski definition) is 4. The van der Waals surface area contributed by atoms with Crippen LogP contribution in [0.25, 0.3) is 0 Å². The van der Waals surface area contributed by atoms with Gasteiger partial charge >= 0.3 is 0 Å². The summed E-state index contributed by atoms with van der Waals surface area (Å²) in [6.07, 6.45) is 2.22. The number of hydrogen-bond donors (Lipinski definition) is 1. The van der Waals surface area contributed by atoms with Gasteiger partial charge < -0.3 is 15.0 Å². The summed E-state index contributed by atoms with van der Waals surface area (Å²) in [4.78, 5) is 0. The minimum Gasteiger partial charge on any atom is -0.381 e. The van der Waals surface area contributed by atoms with Crippen LogP contribution >= 0.6 is 0 Å². The highest BCUT2D eigenvalue weighted by Crippen LogP contribution is 2.28. The van der Waals surface area contributed by atoms with Gasteiger partial charge in [-0.1, -0.05) is 0 Å². The van der Waals surface area contributed by atoms with Crippen molar-refractivity contribution in [1.29, 1.82) is 0 Å². The molecule has 2 N–H and O–H groups in total. The van der Waals surface area contributed by atoms with E-state index in [2.05, 4.69) is 35.5 Å². The van der Waals surface area contributed by atoms with Crippen LogP contribution in [0, 0.1) is 0 Å². The van der Waals surface area contributed by atoms with Crippen molar-refractivity contribution in [2.45, 2.75) is 51.6 Å². The highest BCUT2D eigenvalue weighted by molar-refractivity contribution is 5.07. The zero-order valence-corrected chi connectivity index (χ0v) is 10.9. The summed E-state index contributed by atoms with van der Waals surface area (Å²) in [5, 5.41) is 8.54. The number of aromatic nitrogens is 3.